The number of nitro benzene ring substituents is 1. The summed E-state index contributed by atoms with van der Waals surface area (Å²) in [5, 5.41) is 13.5. The summed E-state index contributed by atoms with van der Waals surface area (Å²) in [4.78, 5) is 35.7. The molecule has 0 saturated carbocycles. The van der Waals surface area contributed by atoms with Crippen LogP contribution in [0.1, 0.15) is 12.5 Å². The van der Waals surface area contributed by atoms with Gasteiger partial charge in [0.05, 0.1) is 17.5 Å². The van der Waals surface area contributed by atoms with Crippen molar-refractivity contribution in [1.29, 1.82) is 0 Å². The van der Waals surface area contributed by atoms with Crippen molar-refractivity contribution in [3.8, 4) is 5.75 Å². The largest absolute Gasteiger partial charge is 0.484 e. The van der Waals surface area contributed by atoms with Gasteiger partial charge in [0.1, 0.15) is 5.75 Å². The lowest BCUT2D eigenvalue weighted by molar-refractivity contribution is -0.384. The first-order chi connectivity index (χ1) is 12.9. The number of carbonyl (C=O) groups is 2. The van der Waals surface area contributed by atoms with Crippen LogP contribution in [0.5, 0.6) is 5.75 Å². The van der Waals surface area contributed by atoms with E-state index in [1.54, 1.807) is 0 Å². The highest BCUT2D eigenvalue weighted by Crippen LogP contribution is 2.19. The van der Waals surface area contributed by atoms with Crippen LogP contribution in [0.2, 0.25) is 0 Å². The molecule has 0 radical (unpaired) electrons. The molecule has 8 heteroatoms. The van der Waals surface area contributed by atoms with Crippen molar-refractivity contribution in [2.45, 2.75) is 13.3 Å². The number of amides is 2. The second kappa shape index (κ2) is 9.33. The van der Waals surface area contributed by atoms with Gasteiger partial charge in [-0.1, -0.05) is 31.2 Å². The number of non-ortho nitro benzene ring substituents is 1. The van der Waals surface area contributed by atoms with E-state index in [4.69, 9.17) is 4.74 Å². The third-order valence-corrected chi connectivity index (χ3v) is 3.87. The number of nitrogens with zero attached hydrogens (tertiary/aromatic N) is 2. The lowest BCUT2D eigenvalue weighted by Gasteiger charge is -2.18. The molecular weight excluding hydrogens is 350 g/mol. The van der Waals surface area contributed by atoms with Crippen LogP contribution in [-0.4, -0.2) is 41.8 Å². The van der Waals surface area contributed by atoms with Gasteiger partial charge in [-0.2, -0.15) is 0 Å². The summed E-state index contributed by atoms with van der Waals surface area (Å²) in [6.45, 7) is 1.54. The molecule has 0 unspecified atom stereocenters. The van der Waals surface area contributed by atoms with Crippen molar-refractivity contribution in [1.82, 2.24) is 4.90 Å². The average Bonchev–Trinajstić information content (AvgIpc) is 2.66. The highest BCUT2D eigenvalue weighted by Gasteiger charge is 2.15. The smallest absolute Gasteiger partial charge is 0.273 e. The minimum Gasteiger partial charge on any atom is -0.484 e. The van der Waals surface area contributed by atoms with E-state index in [9.17, 15) is 19.7 Å². The number of carbonyl (C=O) groups excluding carboxylic acids is 2. The summed E-state index contributed by atoms with van der Waals surface area (Å²) in [7, 11) is 1.49. The summed E-state index contributed by atoms with van der Waals surface area (Å²) < 4.78 is 5.29. The van der Waals surface area contributed by atoms with Crippen molar-refractivity contribution in [3.63, 3.8) is 0 Å². The van der Waals surface area contributed by atoms with Crippen molar-refractivity contribution >= 4 is 23.2 Å². The van der Waals surface area contributed by atoms with E-state index < -0.39 is 10.8 Å². The summed E-state index contributed by atoms with van der Waals surface area (Å²) in [5.41, 5.74) is 1.61. The van der Waals surface area contributed by atoms with Gasteiger partial charge in [0.15, 0.2) is 6.61 Å². The zero-order valence-electron chi connectivity index (χ0n) is 15.2. The summed E-state index contributed by atoms with van der Waals surface area (Å²) in [5.74, 6) is -0.519. The first-order valence-electron chi connectivity index (χ1n) is 8.39. The molecular formula is C19H21N3O5. The van der Waals surface area contributed by atoms with Crippen LogP contribution in [0.3, 0.4) is 0 Å². The minimum atomic E-state index is -0.542. The number of nitro groups is 1. The Hall–Kier alpha value is -3.42. The molecule has 1 N–H and O–H groups in total. The fourth-order valence-electron chi connectivity index (χ4n) is 2.39. The quantitative estimate of drug-likeness (QED) is 0.568. The van der Waals surface area contributed by atoms with E-state index in [1.165, 1.54) is 36.2 Å². The number of hydrogen-bond donors (Lipinski definition) is 1. The van der Waals surface area contributed by atoms with Gasteiger partial charge in [-0.3, -0.25) is 19.7 Å². The predicted octanol–water partition coefficient (Wildman–Crippen LogP) is 2.63. The van der Waals surface area contributed by atoms with Crippen LogP contribution in [0.15, 0.2) is 48.5 Å². The maximum atomic E-state index is 12.2. The third-order valence-electron chi connectivity index (χ3n) is 3.87. The number of benzene rings is 2. The Kier molecular flexibility index (Phi) is 6.87. The molecule has 0 fully saturated rings. The Morgan fingerprint density at radius 1 is 1.19 bits per heavy atom. The molecule has 8 nitrogen and oxygen atoms in total. The van der Waals surface area contributed by atoms with Crippen molar-refractivity contribution in [2.24, 2.45) is 0 Å². The Morgan fingerprint density at radius 3 is 2.63 bits per heavy atom. The Labute approximate surface area is 156 Å². The Bertz CT molecular complexity index is 838. The van der Waals surface area contributed by atoms with E-state index in [0.717, 1.165) is 17.7 Å². The fourth-order valence-corrected chi connectivity index (χ4v) is 2.39. The number of rotatable bonds is 8. The van der Waals surface area contributed by atoms with Gasteiger partial charge in [0.25, 0.3) is 11.6 Å². The third kappa shape index (κ3) is 5.81. The molecule has 0 heterocycles. The van der Waals surface area contributed by atoms with E-state index in [-0.39, 0.29) is 30.5 Å². The molecule has 0 aliphatic rings. The highest BCUT2D eigenvalue weighted by atomic mass is 16.6. The molecule has 0 spiro atoms. The molecule has 2 amide bonds. The van der Waals surface area contributed by atoms with E-state index in [1.807, 2.05) is 31.2 Å². The number of likely N-dealkylation sites (N-methyl/N-ethyl adjacent to an activating group) is 1. The molecule has 0 aliphatic heterocycles. The Balaban J connectivity index is 1.87. The van der Waals surface area contributed by atoms with Crippen LogP contribution >= 0.6 is 0 Å². The van der Waals surface area contributed by atoms with Crippen LogP contribution in [-0.2, 0) is 16.0 Å². The first-order valence-corrected chi connectivity index (χ1v) is 8.39. The van der Waals surface area contributed by atoms with Gasteiger partial charge in [0, 0.05) is 18.8 Å². The van der Waals surface area contributed by atoms with Gasteiger partial charge >= 0.3 is 0 Å². The highest BCUT2D eigenvalue weighted by molar-refractivity contribution is 5.95. The molecule has 2 aromatic carbocycles. The van der Waals surface area contributed by atoms with Crippen LogP contribution < -0.4 is 10.1 Å². The second-order valence-corrected chi connectivity index (χ2v) is 5.85. The fraction of sp³-hybridized carbons (Fsp3) is 0.263. The molecule has 0 aromatic heterocycles. The number of aryl methyl sites for hydroxylation is 1. The number of nitrogens with one attached hydrogen (secondary N) is 1. The minimum absolute atomic E-state index is 0.123. The number of hydrogen-bond acceptors (Lipinski definition) is 5. The van der Waals surface area contributed by atoms with E-state index in [2.05, 4.69) is 5.32 Å². The average molecular weight is 371 g/mol. The van der Waals surface area contributed by atoms with Gasteiger partial charge in [-0.15, -0.1) is 0 Å². The molecule has 2 aromatic rings. The van der Waals surface area contributed by atoms with Gasteiger partial charge < -0.3 is 15.0 Å². The van der Waals surface area contributed by atoms with Crippen molar-refractivity contribution < 1.29 is 19.2 Å². The van der Waals surface area contributed by atoms with Crippen molar-refractivity contribution in [2.75, 3.05) is 25.5 Å². The predicted molar refractivity (Wildman–Crippen MR) is 101 cm³/mol. The van der Waals surface area contributed by atoms with E-state index >= 15 is 0 Å². The first kappa shape index (κ1) is 19.9. The number of ether oxygens (including phenoxy) is 1. The molecule has 0 atom stereocenters. The summed E-state index contributed by atoms with van der Waals surface area (Å²) in [6.07, 6.45) is 0.780. The normalized spacial score (nSPS) is 10.1. The maximum absolute atomic E-state index is 12.2. The number of para-hydroxylation sites is 1. The van der Waals surface area contributed by atoms with Crippen molar-refractivity contribution in [3.05, 3.63) is 64.2 Å². The van der Waals surface area contributed by atoms with Crippen LogP contribution in [0.4, 0.5) is 11.4 Å². The van der Waals surface area contributed by atoms with E-state index in [0.29, 0.717) is 0 Å². The van der Waals surface area contributed by atoms with Crippen LogP contribution in [0, 0.1) is 10.1 Å². The zero-order valence-corrected chi connectivity index (χ0v) is 15.2. The standard InChI is InChI=1S/C19H21N3O5/c1-3-14-7-4-5-10-17(14)20-18(23)12-21(2)19(24)13-27-16-9-6-8-15(11-16)22(25)26/h4-11H,3,12-13H2,1-2H3,(H,20,23). The maximum Gasteiger partial charge on any atom is 0.273 e. The SMILES string of the molecule is CCc1ccccc1NC(=O)CN(C)C(=O)COc1cccc([N+](=O)[O-])c1. The summed E-state index contributed by atoms with van der Waals surface area (Å²) in [6, 6.07) is 13.0. The van der Waals surface area contributed by atoms with Crippen LogP contribution in [0.25, 0.3) is 0 Å². The topological polar surface area (TPSA) is 102 Å². The lowest BCUT2D eigenvalue weighted by Crippen LogP contribution is -2.37. The number of anilines is 1. The molecule has 0 bridgehead atoms. The Morgan fingerprint density at radius 2 is 1.93 bits per heavy atom. The molecule has 0 saturated heterocycles. The monoisotopic (exact) mass is 371 g/mol. The molecule has 27 heavy (non-hydrogen) atoms. The second-order valence-electron chi connectivity index (χ2n) is 5.85. The lowest BCUT2D eigenvalue weighted by atomic mass is 10.1. The molecule has 142 valence electrons. The van der Waals surface area contributed by atoms with Gasteiger partial charge in [0.2, 0.25) is 5.91 Å². The van der Waals surface area contributed by atoms with Gasteiger partial charge in [-0.25, -0.2) is 0 Å². The van der Waals surface area contributed by atoms with Gasteiger partial charge in [-0.05, 0) is 24.1 Å². The zero-order chi connectivity index (χ0) is 19.8. The molecule has 2 rings (SSSR count). The summed E-state index contributed by atoms with van der Waals surface area (Å²) >= 11 is 0. The molecule has 0 aliphatic carbocycles.